The second kappa shape index (κ2) is 5.79. The lowest BCUT2D eigenvalue weighted by Gasteiger charge is -2.21. The number of sulfonamides is 1. The molecule has 0 aliphatic carbocycles. The molecule has 0 fully saturated rings. The van der Waals surface area contributed by atoms with Crippen molar-refractivity contribution in [3.8, 4) is 0 Å². The molecule has 1 atom stereocenters. The molecule has 0 radical (unpaired) electrons. The van der Waals surface area contributed by atoms with Crippen LogP contribution in [0.3, 0.4) is 0 Å². The summed E-state index contributed by atoms with van der Waals surface area (Å²) in [5.74, 6) is 0.0280. The summed E-state index contributed by atoms with van der Waals surface area (Å²) in [4.78, 5) is 0. The highest BCUT2D eigenvalue weighted by Crippen LogP contribution is 2.15. The van der Waals surface area contributed by atoms with Crippen LogP contribution in [0.4, 0.5) is 0 Å². The Morgan fingerprint density at radius 3 is 2.27 bits per heavy atom. The first-order valence-electron chi connectivity index (χ1n) is 4.80. The maximum atomic E-state index is 11.6. The summed E-state index contributed by atoms with van der Waals surface area (Å²) < 4.78 is 30.4. The zero-order chi connectivity index (χ0) is 12.1. The van der Waals surface area contributed by atoms with Crippen LogP contribution in [0.25, 0.3) is 0 Å². The molecule has 0 aromatic heterocycles. The third kappa shape index (κ3) is 7.72. The number of rotatable bonds is 6. The van der Waals surface area contributed by atoms with E-state index in [0.717, 1.165) is 0 Å². The Hall–Kier alpha value is -0.170. The smallest absolute Gasteiger partial charge is 0.212 e. The molecular formula is C9H21NO4S. The molecule has 0 heterocycles. The Labute approximate surface area is 91.9 Å². The van der Waals surface area contributed by atoms with E-state index in [1.165, 1.54) is 7.11 Å². The van der Waals surface area contributed by atoms with Gasteiger partial charge in [0.15, 0.2) is 0 Å². The third-order valence-electron chi connectivity index (χ3n) is 1.56. The summed E-state index contributed by atoms with van der Waals surface area (Å²) in [7, 11) is -1.90. The number of methoxy groups -OCH3 is 1. The molecule has 0 aromatic rings. The zero-order valence-corrected chi connectivity index (χ0v) is 10.6. The molecule has 0 rings (SSSR count). The second-order valence-electron chi connectivity index (χ2n) is 4.77. The van der Waals surface area contributed by atoms with E-state index in [1.54, 1.807) is 0 Å². The van der Waals surface area contributed by atoms with Crippen LogP contribution in [0.2, 0.25) is 0 Å². The maximum Gasteiger partial charge on any atom is 0.212 e. The highest BCUT2D eigenvalue weighted by Gasteiger charge is 2.24. The van der Waals surface area contributed by atoms with Gasteiger partial charge in [0.25, 0.3) is 0 Å². The molecule has 0 saturated heterocycles. The third-order valence-corrected chi connectivity index (χ3v) is 3.50. The minimum atomic E-state index is -3.36. The van der Waals surface area contributed by atoms with Crippen LogP contribution < -0.4 is 4.72 Å². The van der Waals surface area contributed by atoms with Gasteiger partial charge in [0, 0.05) is 7.11 Å². The van der Waals surface area contributed by atoms with Crippen LogP contribution in [0.1, 0.15) is 20.8 Å². The summed E-state index contributed by atoms with van der Waals surface area (Å²) in [6, 6.07) is -0.567. The summed E-state index contributed by atoms with van der Waals surface area (Å²) in [6.07, 6.45) is 0. The number of nitrogens with one attached hydrogen (secondary N) is 1. The Morgan fingerprint density at radius 2 is 1.93 bits per heavy atom. The lowest BCUT2D eigenvalue weighted by Crippen LogP contribution is -2.43. The van der Waals surface area contributed by atoms with Crippen molar-refractivity contribution in [1.82, 2.24) is 4.72 Å². The van der Waals surface area contributed by atoms with Gasteiger partial charge in [0.1, 0.15) is 0 Å². The Kier molecular flexibility index (Phi) is 5.72. The zero-order valence-electron chi connectivity index (χ0n) is 9.78. The summed E-state index contributed by atoms with van der Waals surface area (Å²) in [6.45, 7) is 5.43. The first kappa shape index (κ1) is 14.8. The van der Waals surface area contributed by atoms with E-state index in [2.05, 4.69) is 4.72 Å². The van der Waals surface area contributed by atoms with Crippen molar-refractivity contribution in [1.29, 1.82) is 0 Å². The van der Waals surface area contributed by atoms with E-state index in [-0.39, 0.29) is 24.4 Å². The van der Waals surface area contributed by atoms with E-state index in [4.69, 9.17) is 9.84 Å². The van der Waals surface area contributed by atoms with Crippen molar-refractivity contribution in [2.75, 3.05) is 26.1 Å². The largest absolute Gasteiger partial charge is 0.395 e. The average molecular weight is 239 g/mol. The van der Waals surface area contributed by atoms with Gasteiger partial charge in [-0.25, -0.2) is 13.1 Å². The molecule has 0 saturated carbocycles. The van der Waals surface area contributed by atoms with Crippen molar-refractivity contribution in [3.63, 3.8) is 0 Å². The molecule has 0 spiro atoms. The number of ether oxygens (including phenoxy) is 1. The van der Waals surface area contributed by atoms with E-state index in [9.17, 15) is 8.42 Å². The van der Waals surface area contributed by atoms with Gasteiger partial charge in [-0.15, -0.1) is 0 Å². The van der Waals surface area contributed by atoms with E-state index >= 15 is 0 Å². The highest BCUT2D eigenvalue weighted by atomic mass is 32.2. The molecule has 15 heavy (non-hydrogen) atoms. The molecular weight excluding hydrogens is 218 g/mol. The first-order valence-corrected chi connectivity index (χ1v) is 6.45. The fraction of sp³-hybridized carbons (Fsp3) is 1.00. The van der Waals surface area contributed by atoms with Gasteiger partial charge >= 0.3 is 0 Å². The van der Waals surface area contributed by atoms with Gasteiger partial charge in [-0.3, -0.25) is 0 Å². The van der Waals surface area contributed by atoms with Gasteiger partial charge in [-0.1, -0.05) is 20.8 Å². The van der Waals surface area contributed by atoms with Gasteiger partial charge in [-0.05, 0) is 5.41 Å². The number of aliphatic hydroxyl groups is 1. The molecule has 2 N–H and O–H groups in total. The molecule has 0 aliphatic rings. The molecule has 0 aromatic carbocycles. The SMILES string of the molecule is COCC(CO)NS(=O)(=O)CC(C)(C)C. The topological polar surface area (TPSA) is 75.6 Å². The predicted molar refractivity (Wildman–Crippen MR) is 59.1 cm³/mol. The quantitative estimate of drug-likeness (QED) is 0.682. The minimum Gasteiger partial charge on any atom is -0.395 e. The maximum absolute atomic E-state index is 11.6. The first-order chi connectivity index (χ1) is 6.70. The summed E-state index contributed by atoms with van der Waals surface area (Å²) in [5, 5.41) is 8.91. The Bertz CT molecular complexity index is 268. The van der Waals surface area contributed by atoms with Gasteiger partial charge in [-0.2, -0.15) is 0 Å². The molecule has 6 heteroatoms. The lowest BCUT2D eigenvalue weighted by atomic mass is 10.0. The number of hydrogen-bond donors (Lipinski definition) is 2. The fourth-order valence-electron chi connectivity index (χ4n) is 1.19. The van der Waals surface area contributed by atoms with Crippen molar-refractivity contribution in [3.05, 3.63) is 0 Å². The molecule has 0 aliphatic heterocycles. The van der Waals surface area contributed by atoms with Gasteiger partial charge in [0.05, 0.1) is 25.0 Å². The van der Waals surface area contributed by atoms with Crippen LogP contribution in [-0.2, 0) is 14.8 Å². The van der Waals surface area contributed by atoms with Crippen molar-refractivity contribution >= 4 is 10.0 Å². The Morgan fingerprint density at radius 1 is 1.40 bits per heavy atom. The predicted octanol–water partition coefficient (Wildman–Crippen LogP) is -0.0408. The lowest BCUT2D eigenvalue weighted by molar-refractivity contribution is 0.139. The van der Waals surface area contributed by atoms with E-state index < -0.39 is 16.1 Å². The molecule has 5 nitrogen and oxygen atoms in total. The van der Waals surface area contributed by atoms with Crippen LogP contribution in [0.5, 0.6) is 0 Å². The average Bonchev–Trinajstić information content (AvgIpc) is 1.98. The molecule has 0 bridgehead atoms. The van der Waals surface area contributed by atoms with Crippen molar-refractivity contribution in [2.24, 2.45) is 5.41 Å². The Balaban J connectivity index is 4.36. The normalized spacial score (nSPS) is 15.3. The minimum absolute atomic E-state index is 0.0280. The van der Waals surface area contributed by atoms with Crippen molar-refractivity contribution < 1.29 is 18.3 Å². The van der Waals surface area contributed by atoms with Gasteiger partial charge in [0.2, 0.25) is 10.0 Å². The van der Waals surface area contributed by atoms with E-state index in [0.29, 0.717) is 0 Å². The van der Waals surface area contributed by atoms with E-state index in [1.807, 2.05) is 20.8 Å². The van der Waals surface area contributed by atoms with Gasteiger partial charge < -0.3 is 9.84 Å². The van der Waals surface area contributed by atoms with Crippen LogP contribution >= 0.6 is 0 Å². The summed E-state index contributed by atoms with van der Waals surface area (Å²) >= 11 is 0. The monoisotopic (exact) mass is 239 g/mol. The molecule has 0 amide bonds. The number of aliphatic hydroxyl groups excluding tert-OH is 1. The van der Waals surface area contributed by atoms with Crippen LogP contribution in [0, 0.1) is 5.41 Å². The number of hydrogen-bond acceptors (Lipinski definition) is 4. The van der Waals surface area contributed by atoms with Crippen molar-refractivity contribution in [2.45, 2.75) is 26.8 Å². The standard InChI is InChI=1S/C9H21NO4S/c1-9(2,3)7-15(12,13)10-8(5-11)6-14-4/h8,10-11H,5-7H2,1-4H3. The molecule has 1 unspecified atom stereocenters. The highest BCUT2D eigenvalue weighted by molar-refractivity contribution is 7.89. The van der Waals surface area contributed by atoms with Crippen LogP contribution in [-0.4, -0.2) is 45.6 Å². The fourth-order valence-corrected chi connectivity index (χ4v) is 3.06. The molecule has 92 valence electrons. The summed E-state index contributed by atoms with van der Waals surface area (Å²) in [5.41, 5.74) is -0.307. The van der Waals surface area contributed by atoms with Crippen LogP contribution in [0.15, 0.2) is 0 Å². The second-order valence-corrected chi connectivity index (χ2v) is 6.53.